The summed E-state index contributed by atoms with van der Waals surface area (Å²) in [4.78, 5) is 14.6. The molecular formula is C7H13BN2O. The van der Waals surface area contributed by atoms with Crippen molar-refractivity contribution in [1.29, 1.82) is 0 Å². The minimum absolute atomic E-state index is 0.232. The summed E-state index contributed by atoms with van der Waals surface area (Å²) in [6.07, 6.45) is 0. The van der Waals surface area contributed by atoms with Crippen LogP contribution in [0.5, 0.6) is 0 Å². The van der Waals surface area contributed by atoms with Crippen molar-refractivity contribution in [2.24, 2.45) is 0 Å². The van der Waals surface area contributed by atoms with Crippen molar-refractivity contribution in [3.05, 3.63) is 0 Å². The molecule has 1 aliphatic rings. The van der Waals surface area contributed by atoms with Gasteiger partial charge >= 0.3 is 0 Å². The van der Waals surface area contributed by atoms with Gasteiger partial charge in [0.15, 0.2) is 7.98 Å². The van der Waals surface area contributed by atoms with Gasteiger partial charge in [-0.25, -0.2) is 0 Å². The van der Waals surface area contributed by atoms with Gasteiger partial charge in [-0.3, -0.25) is 9.69 Å². The molecule has 0 atom stereocenters. The molecule has 1 saturated heterocycles. The van der Waals surface area contributed by atoms with Gasteiger partial charge in [0.05, 0.1) is 6.54 Å². The van der Waals surface area contributed by atoms with Crippen LogP contribution in [-0.2, 0) is 4.79 Å². The highest BCUT2D eigenvalue weighted by Gasteiger charge is 2.13. The molecule has 0 unspecified atom stereocenters. The van der Waals surface area contributed by atoms with Crippen LogP contribution in [0.3, 0.4) is 0 Å². The molecule has 4 heteroatoms. The summed E-state index contributed by atoms with van der Waals surface area (Å²) in [5, 5.41) is 0. The molecule has 1 heterocycles. The molecule has 0 aliphatic carbocycles. The lowest BCUT2D eigenvalue weighted by atomic mass is 10.2. The summed E-state index contributed by atoms with van der Waals surface area (Å²) in [5.41, 5.74) is 0. The van der Waals surface area contributed by atoms with E-state index in [1.54, 1.807) is 11.7 Å². The van der Waals surface area contributed by atoms with Crippen molar-refractivity contribution in [1.82, 2.24) is 9.71 Å². The Morgan fingerprint density at radius 1 is 1.36 bits per heavy atom. The third-order valence-electron chi connectivity index (χ3n) is 1.85. The van der Waals surface area contributed by atoms with E-state index in [-0.39, 0.29) is 5.78 Å². The molecule has 0 aromatic heterocycles. The molecule has 1 fully saturated rings. The quantitative estimate of drug-likeness (QED) is 0.487. The van der Waals surface area contributed by atoms with Crippen LogP contribution >= 0.6 is 0 Å². The van der Waals surface area contributed by atoms with Crippen LogP contribution in [0.1, 0.15) is 6.92 Å². The summed E-state index contributed by atoms with van der Waals surface area (Å²) in [7, 11) is 5.55. The van der Waals surface area contributed by atoms with Gasteiger partial charge in [0.2, 0.25) is 0 Å². The molecule has 0 aromatic carbocycles. The van der Waals surface area contributed by atoms with Gasteiger partial charge in [-0.15, -0.1) is 0 Å². The molecule has 2 radical (unpaired) electrons. The van der Waals surface area contributed by atoms with Gasteiger partial charge in [0.1, 0.15) is 5.78 Å². The second kappa shape index (κ2) is 3.88. The fraction of sp³-hybridized carbons (Fsp3) is 0.857. The highest BCUT2D eigenvalue weighted by molar-refractivity contribution is 6.04. The van der Waals surface area contributed by atoms with Gasteiger partial charge in [0, 0.05) is 13.1 Å². The molecule has 11 heavy (non-hydrogen) atoms. The molecule has 1 rings (SSSR count). The van der Waals surface area contributed by atoms with Crippen molar-refractivity contribution in [2.75, 3.05) is 32.7 Å². The van der Waals surface area contributed by atoms with Gasteiger partial charge in [-0.1, -0.05) is 0 Å². The highest BCUT2D eigenvalue weighted by Crippen LogP contribution is 1.97. The lowest BCUT2D eigenvalue weighted by Crippen LogP contribution is -2.46. The predicted octanol–water partition coefficient (Wildman–Crippen LogP) is -0.724. The van der Waals surface area contributed by atoms with E-state index in [0.29, 0.717) is 6.54 Å². The standard InChI is InChI=1S/C7H13BN2O/c1-7(11)6-9-2-4-10(8)5-3-9/h2-6H2,1H3. The minimum Gasteiger partial charge on any atom is -0.351 e. The Morgan fingerprint density at radius 2 is 1.91 bits per heavy atom. The molecule has 60 valence electrons. The van der Waals surface area contributed by atoms with Crippen LogP contribution in [0, 0.1) is 0 Å². The fourth-order valence-electron chi connectivity index (χ4n) is 1.24. The zero-order valence-electron chi connectivity index (χ0n) is 6.92. The Morgan fingerprint density at radius 3 is 2.36 bits per heavy atom. The van der Waals surface area contributed by atoms with E-state index in [2.05, 4.69) is 4.90 Å². The third kappa shape index (κ3) is 3.03. The molecule has 0 aromatic rings. The normalized spacial score (nSPS) is 21.9. The van der Waals surface area contributed by atoms with E-state index < -0.39 is 0 Å². The first-order valence-corrected chi connectivity index (χ1v) is 3.90. The molecule has 1 aliphatic heterocycles. The SMILES string of the molecule is [B]N1CCN(CC(C)=O)CC1. The first kappa shape index (κ1) is 8.75. The third-order valence-corrected chi connectivity index (χ3v) is 1.85. The summed E-state index contributed by atoms with van der Waals surface area (Å²) < 4.78 is 0. The Balaban J connectivity index is 2.22. The number of hydrogen-bond donors (Lipinski definition) is 0. The molecule has 0 spiro atoms. The second-order valence-corrected chi connectivity index (χ2v) is 3.01. The van der Waals surface area contributed by atoms with Crippen LogP contribution in [0.2, 0.25) is 0 Å². The monoisotopic (exact) mass is 152 g/mol. The summed E-state index contributed by atoms with van der Waals surface area (Å²) in [6, 6.07) is 0. The van der Waals surface area contributed by atoms with Gasteiger partial charge in [0.25, 0.3) is 0 Å². The number of Topliss-reactive ketones (excluding diaryl/α,β-unsaturated/α-hetero) is 1. The molecule has 0 N–H and O–H groups in total. The smallest absolute Gasteiger partial charge is 0.182 e. The first-order chi connectivity index (χ1) is 5.18. The summed E-state index contributed by atoms with van der Waals surface area (Å²) in [5.74, 6) is 0.232. The molecule has 0 saturated carbocycles. The number of carbonyl (C=O) groups is 1. The zero-order chi connectivity index (χ0) is 8.27. The average molecular weight is 152 g/mol. The zero-order valence-corrected chi connectivity index (χ0v) is 6.92. The van der Waals surface area contributed by atoms with E-state index in [9.17, 15) is 4.79 Å². The summed E-state index contributed by atoms with van der Waals surface area (Å²) >= 11 is 0. The highest BCUT2D eigenvalue weighted by atomic mass is 16.1. The molecule has 3 nitrogen and oxygen atoms in total. The Hall–Kier alpha value is -0.345. The van der Waals surface area contributed by atoms with Gasteiger partial charge in [-0.2, -0.15) is 0 Å². The first-order valence-electron chi connectivity index (χ1n) is 3.90. The Labute approximate surface area is 68.8 Å². The average Bonchev–Trinajstić information content (AvgIpc) is 1.93. The Bertz CT molecular complexity index is 143. The van der Waals surface area contributed by atoms with E-state index in [1.807, 2.05) is 0 Å². The van der Waals surface area contributed by atoms with Gasteiger partial charge in [-0.05, 0) is 20.0 Å². The van der Waals surface area contributed by atoms with Crippen molar-refractivity contribution < 1.29 is 4.79 Å². The lowest BCUT2D eigenvalue weighted by Gasteiger charge is -2.31. The number of carbonyl (C=O) groups excluding carboxylic acids is 1. The second-order valence-electron chi connectivity index (χ2n) is 3.01. The van der Waals surface area contributed by atoms with Crippen molar-refractivity contribution in [2.45, 2.75) is 6.92 Å². The molecule has 0 bridgehead atoms. The maximum Gasteiger partial charge on any atom is 0.182 e. The topological polar surface area (TPSA) is 23.6 Å². The van der Waals surface area contributed by atoms with E-state index in [1.165, 1.54) is 0 Å². The van der Waals surface area contributed by atoms with Crippen molar-refractivity contribution >= 4 is 13.8 Å². The van der Waals surface area contributed by atoms with Crippen LogP contribution in [0.25, 0.3) is 0 Å². The van der Waals surface area contributed by atoms with Crippen LogP contribution in [0.4, 0.5) is 0 Å². The maximum absolute atomic E-state index is 10.7. The fourth-order valence-corrected chi connectivity index (χ4v) is 1.24. The Kier molecular flexibility index (Phi) is 3.08. The molecular weight excluding hydrogens is 139 g/mol. The number of ketones is 1. The summed E-state index contributed by atoms with van der Waals surface area (Å²) in [6.45, 7) is 5.76. The number of nitrogens with zero attached hydrogens (tertiary/aromatic N) is 2. The number of hydrogen-bond acceptors (Lipinski definition) is 3. The van der Waals surface area contributed by atoms with Crippen LogP contribution in [-0.4, -0.2) is 56.2 Å². The maximum atomic E-state index is 10.7. The van der Waals surface area contributed by atoms with Crippen molar-refractivity contribution in [3.8, 4) is 0 Å². The lowest BCUT2D eigenvalue weighted by molar-refractivity contribution is -0.118. The minimum atomic E-state index is 0.232. The van der Waals surface area contributed by atoms with Crippen LogP contribution in [0.15, 0.2) is 0 Å². The predicted molar refractivity (Wildman–Crippen MR) is 44.4 cm³/mol. The molecule has 0 amide bonds. The van der Waals surface area contributed by atoms with Gasteiger partial charge < -0.3 is 4.81 Å². The van der Waals surface area contributed by atoms with E-state index in [0.717, 1.165) is 26.2 Å². The number of piperazine rings is 1. The largest absolute Gasteiger partial charge is 0.351 e. The van der Waals surface area contributed by atoms with Crippen molar-refractivity contribution in [3.63, 3.8) is 0 Å². The van der Waals surface area contributed by atoms with Crippen LogP contribution < -0.4 is 0 Å². The van der Waals surface area contributed by atoms with E-state index >= 15 is 0 Å². The van der Waals surface area contributed by atoms with E-state index in [4.69, 9.17) is 7.98 Å². The number of rotatable bonds is 2.